The van der Waals surface area contributed by atoms with Crippen molar-refractivity contribution in [2.75, 3.05) is 18.4 Å². The summed E-state index contributed by atoms with van der Waals surface area (Å²) >= 11 is 11.4. The van der Waals surface area contributed by atoms with Gasteiger partial charge in [-0.3, -0.25) is 4.79 Å². The van der Waals surface area contributed by atoms with Gasteiger partial charge in [-0.05, 0) is 68.8 Å². The minimum absolute atomic E-state index is 0.0766. The summed E-state index contributed by atoms with van der Waals surface area (Å²) in [6.45, 7) is 3.72. The fourth-order valence-corrected chi connectivity index (χ4v) is 3.17. The molecule has 164 valence electrons. The van der Waals surface area contributed by atoms with Crippen LogP contribution in [0, 0.1) is 18.7 Å². The minimum atomic E-state index is -0.171. The number of hydrogen-bond donors (Lipinski definition) is 2. The molecular weight excluding hydrogens is 434 g/mol. The van der Waals surface area contributed by atoms with Gasteiger partial charge < -0.3 is 10.6 Å². The van der Waals surface area contributed by atoms with Gasteiger partial charge in [-0.25, -0.2) is 4.39 Å². The standard InChI is InChI=1S/C12H15ClN2O.C7H7F.C6H5Cl/c13-10-4-1-5-11(7-10)15-12(16)9-3-2-6-14-8-9;1-6-2-4-7(8)5-3-6;7-6-4-2-1-3-5-6/h1,4-5,7,9,14H,2-3,6,8H2,(H,15,16);2-5H,1H3;1-5H. The van der Waals surface area contributed by atoms with Crippen LogP contribution >= 0.6 is 23.2 Å². The van der Waals surface area contributed by atoms with E-state index in [1.165, 1.54) is 12.1 Å². The van der Waals surface area contributed by atoms with E-state index in [1.807, 2.05) is 49.4 Å². The molecule has 2 N–H and O–H groups in total. The highest BCUT2D eigenvalue weighted by Crippen LogP contribution is 2.17. The summed E-state index contributed by atoms with van der Waals surface area (Å²) < 4.78 is 12.1. The fourth-order valence-electron chi connectivity index (χ4n) is 2.83. The van der Waals surface area contributed by atoms with Crippen LogP contribution in [0.3, 0.4) is 0 Å². The lowest BCUT2D eigenvalue weighted by Crippen LogP contribution is -2.37. The van der Waals surface area contributed by atoms with Crippen LogP contribution in [0.25, 0.3) is 0 Å². The van der Waals surface area contributed by atoms with E-state index in [9.17, 15) is 9.18 Å². The number of carbonyl (C=O) groups excluding carboxylic acids is 1. The van der Waals surface area contributed by atoms with E-state index < -0.39 is 0 Å². The Labute approximate surface area is 193 Å². The number of nitrogens with one attached hydrogen (secondary N) is 2. The van der Waals surface area contributed by atoms with Gasteiger partial charge >= 0.3 is 0 Å². The molecule has 0 bridgehead atoms. The smallest absolute Gasteiger partial charge is 0.228 e. The SMILES string of the molecule is Cc1ccc(F)cc1.Clc1ccccc1.O=C(Nc1cccc(Cl)c1)C1CCCNC1. The zero-order chi connectivity index (χ0) is 22.5. The summed E-state index contributed by atoms with van der Waals surface area (Å²) in [4.78, 5) is 11.9. The van der Waals surface area contributed by atoms with Gasteiger partial charge in [0, 0.05) is 22.3 Å². The zero-order valence-electron chi connectivity index (χ0n) is 17.5. The van der Waals surface area contributed by atoms with Gasteiger partial charge in [0.1, 0.15) is 5.82 Å². The largest absolute Gasteiger partial charge is 0.326 e. The van der Waals surface area contributed by atoms with Gasteiger partial charge in [0.05, 0.1) is 5.92 Å². The molecule has 31 heavy (non-hydrogen) atoms. The molecule has 1 atom stereocenters. The fraction of sp³-hybridized carbons (Fsp3) is 0.240. The molecule has 3 aromatic rings. The summed E-state index contributed by atoms with van der Waals surface area (Å²) in [6.07, 6.45) is 2.02. The Kier molecular flexibility index (Phi) is 11.1. The van der Waals surface area contributed by atoms with Crippen LogP contribution < -0.4 is 10.6 Å². The zero-order valence-corrected chi connectivity index (χ0v) is 19.0. The van der Waals surface area contributed by atoms with Crippen molar-refractivity contribution in [3.63, 3.8) is 0 Å². The maximum absolute atomic E-state index is 12.1. The maximum atomic E-state index is 12.1. The first-order chi connectivity index (χ1) is 14.9. The van der Waals surface area contributed by atoms with Crippen molar-refractivity contribution in [1.82, 2.24) is 5.32 Å². The highest BCUT2D eigenvalue weighted by molar-refractivity contribution is 6.31. The normalized spacial score (nSPS) is 14.9. The second-order valence-corrected chi connectivity index (χ2v) is 8.01. The van der Waals surface area contributed by atoms with Crippen molar-refractivity contribution in [2.24, 2.45) is 5.92 Å². The molecule has 1 aliphatic rings. The van der Waals surface area contributed by atoms with Crippen LogP contribution in [0.1, 0.15) is 18.4 Å². The van der Waals surface area contributed by atoms with Crippen molar-refractivity contribution in [1.29, 1.82) is 0 Å². The van der Waals surface area contributed by atoms with E-state index >= 15 is 0 Å². The predicted octanol–water partition coefficient (Wildman–Crippen LogP) is 6.75. The molecular formula is C25H27Cl2FN2O. The molecule has 0 radical (unpaired) electrons. The highest BCUT2D eigenvalue weighted by atomic mass is 35.5. The Bertz CT molecular complexity index is 893. The van der Waals surface area contributed by atoms with E-state index in [0.29, 0.717) is 5.02 Å². The molecule has 0 aromatic heterocycles. The van der Waals surface area contributed by atoms with Crippen LogP contribution in [0.2, 0.25) is 10.0 Å². The topological polar surface area (TPSA) is 41.1 Å². The lowest BCUT2D eigenvalue weighted by molar-refractivity contribution is -0.120. The van der Waals surface area contributed by atoms with E-state index in [-0.39, 0.29) is 17.6 Å². The molecule has 0 saturated carbocycles. The summed E-state index contributed by atoms with van der Waals surface area (Å²) in [7, 11) is 0. The molecule has 0 spiro atoms. The summed E-state index contributed by atoms with van der Waals surface area (Å²) in [6, 6.07) is 23.1. The Morgan fingerprint density at radius 2 is 1.65 bits per heavy atom. The number of piperidine rings is 1. The van der Waals surface area contributed by atoms with E-state index in [0.717, 1.165) is 42.2 Å². The summed E-state index contributed by atoms with van der Waals surface area (Å²) in [5.74, 6) is -0.0159. The van der Waals surface area contributed by atoms with Crippen LogP contribution in [-0.2, 0) is 4.79 Å². The number of anilines is 1. The molecule has 0 aliphatic carbocycles. The second kappa shape index (κ2) is 13.8. The van der Waals surface area contributed by atoms with Crippen LogP contribution in [0.5, 0.6) is 0 Å². The van der Waals surface area contributed by atoms with Crippen molar-refractivity contribution < 1.29 is 9.18 Å². The molecule has 4 rings (SSSR count). The maximum Gasteiger partial charge on any atom is 0.228 e. The highest BCUT2D eigenvalue weighted by Gasteiger charge is 2.20. The second-order valence-electron chi connectivity index (χ2n) is 7.13. The molecule has 1 unspecified atom stereocenters. The molecule has 3 aromatic carbocycles. The molecule has 1 fully saturated rings. The first-order valence-corrected chi connectivity index (χ1v) is 10.9. The average molecular weight is 461 g/mol. The molecule has 3 nitrogen and oxygen atoms in total. The number of carbonyl (C=O) groups is 1. The van der Waals surface area contributed by atoms with E-state index in [2.05, 4.69) is 10.6 Å². The summed E-state index contributed by atoms with van der Waals surface area (Å²) in [5.41, 5.74) is 1.86. The van der Waals surface area contributed by atoms with Crippen molar-refractivity contribution in [3.8, 4) is 0 Å². The van der Waals surface area contributed by atoms with Gasteiger partial charge in [0.25, 0.3) is 0 Å². The number of hydrogen-bond acceptors (Lipinski definition) is 2. The van der Waals surface area contributed by atoms with E-state index in [1.54, 1.807) is 24.3 Å². The van der Waals surface area contributed by atoms with Gasteiger partial charge in [-0.2, -0.15) is 0 Å². The van der Waals surface area contributed by atoms with Crippen LogP contribution in [-0.4, -0.2) is 19.0 Å². The third-order valence-electron chi connectivity index (χ3n) is 4.50. The third kappa shape index (κ3) is 10.5. The van der Waals surface area contributed by atoms with Crippen LogP contribution in [0.4, 0.5) is 10.1 Å². The quantitative estimate of drug-likeness (QED) is 0.443. The summed E-state index contributed by atoms with van der Waals surface area (Å²) in [5, 5.41) is 7.55. The van der Waals surface area contributed by atoms with Crippen LogP contribution in [0.15, 0.2) is 78.9 Å². The minimum Gasteiger partial charge on any atom is -0.326 e. The molecule has 1 saturated heterocycles. The lowest BCUT2D eigenvalue weighted by Gasteiger charge is -2.21. The molecule has 1 heterocycles. The monoisotopic (exact) mass is 460 g/mol. The van der Waals surface area contributed by atoms with Crippen molar-refractivity contribution >= 4 is 34.8 Å². The number of halogens is 3. The van der Waals surface area contributed by atoms with Gasteiger partial charge in [-0.1, -0.05) is 65.2 Å². The number of amides is 1. The van der Waals surface area contributed by atoms with Gasteiger partial charge in [0.15, 0.2) is 0 Å². The Morgan fingerprint density at radius 3 is 2.16 bits per heavy atom. The number of aryl methyl sites for hydroxylation is 1. The molecule has 6 heteroatoms. The predicted molar refractivity (Wildman–Crippen MR) is 128 cm³/mol. The van der Waals surface area contributed by atoms with Crippen molar-refractivity contribution in [3.05, 3.63) is 100 Å². The van der Waals surface area contributed by atoms with Crippen molar-refractivity contribution in [2.45, 2.75) is 19.8 Å². The van der Waals surface area contributed by atoms with E-state index in [4.69, 9.17) is 23.2 Å². The number of rotatable bonds is 2. The average Bonchev–Trinajstić information content (AvgIpc) is 2.78. The van der Waals surface area contributed by atoms with Gasteiger partial charge in [-0.15, -0.1) is 0 Å². The molecule has 1 aliphatic heterocycles. The number of benzene rings is 3. The first kappa shape index (κ1) is 24.9. The lowest BCUT2D eigenvalue weighted by atomic mass is 9.99. The third-order valence-corrected chi connectivity index (χ3v) is 4.99. The first-order valence-electron chi connectivity index (χ1n) is 10.1. The Balaban J connectivity index is 0.000000189. The van der Waals surface area contributed by atoms with Gasteiger partial charge in [0.2, 0.25) is 5.91 Å². The molecule has 1 amide bonds. The Hall–Kier alpha value is -2.40. The Morgan fingerprint density at radius 1 is 0.968 bits per heavy atom.